The molecule has 3 N–H and O–H groups in total. The van der Waals surface area contributed by atoms with E-state index in [-0.39, 0.29) is 25.7 Å². The van der Waals surface area contributed by atoms with Gasteiger partial charge in [-0.15, -0.1) is 0 Å². The van der Waals surface area contributed by atoms with Crippen LogP contribution in [0.1, 0.15) is 273 Å². The van der Waals surface area contributed by atoms with E-state index in [4.69, 9.17) is 37.0 Å². The molecule has 0 rings (SSSR count). The van der Waals surface area contributed by atoms with Gasteiger partial charge in [0.1, 0.15) is 19.3 Å². The lowest BCUT2D eigenvalue weighted by molar-refractivity contribution is -0.161. The Morgan fingerprint density at radius 3 is 0.987 bits per heavy atom. The van der Waals surface area contributed by atoms with Crippen LogP contribution >= 0.6 is 15.6 Å². The summed E-state index contributed by atoms with van der Waals surface area (Å²) in [4.78, 5) is 71.6. The molecule has 0 aromatic heterocycles. The average molecular weight is 1140 g/mol. The van der Waals surface area contributed by atoms with E-state index in [2.05, 4.69) is 48.5 Å². The zero-order chi connectivity index (χ0) is 57.4. The molecule has 0 saturated heterocycles. The number of rotatable bonds is 56. The van der Waals surface area contributed by atoms with E-state index in [1.54, 1.807) is 0 Å². The molecule has 3 unspecified atom stereocenters. The maximum absolute atomic E-state index is 12.9. The highest BCUT2D eigenvalue weighted by molar-refractivity contribution is 7.47. The predicted molar refractivity (Wildman–Crippen MR) is 303 cm³/mol. The first-order chi connectivity index (χ1) is 36.8. The first kappa shape index (κ1) is 75.1. The number of unbranched alkanes of at least 4 members (excludes halogenated alkanes) is 23. The molecule has 0 saturated carbocycles. The second kappa shape index (κ2) is 49.8. The van der Waals surface area contributed by atoms with E-state index in [1.165, 1.54) is 70.6 Å². The van der Waals surface area contributed by atoms with Crippen LogP contribution in [0.2, 0.25) is 0 Å². The molecule has 0 bridgehead atoms. The third-order valence-corrected chi connectivity index (χ3v) is 15.4. The van der Waals surface area contributed by atoms with Gasteiger partial charge in [-0.2, -0.15) is 0 Å². The van der Waals surface area contributed by atoms with Gasteiger partial charge in [-0.1, -0.05) is 222 Å². The Labute approximate surface area is 467 Å². The van der Waals surface area contributed by atoms with Crippen molar-refractivity contribution in [2.24, 2.45) is 17.8 Å². The lowest BCUT2D eigenvalue weighted by atomic mass is 10.00. The third kappa shape index (κ3) is 51.9. The molecular weight excluding hydrogens is 1030 g/mol. The van der Waals surface area contributed by atoms with Crippen LogP contribution in [0, 0.1) is 17.8 Å². The third-order valence-electron chi connectivity index (χ3n) is 13.5. The Kier molecular flexibility index (Phi) is 48.6. The van der Waals surface area contributed by atoms with Gasteiger partial charge in [-0.05, 0) is 43.4 Å². The molecule has 0 aliphatic carbocycles. The van der Waals surface area contributed by atoms with Crippen LogP contribution in [0.15, 0.2) is 0 Å². The highest BCUT2D eigenvalue weighted by Crippen LogP contribution is 2.45. The van der Waals surface area contributed by atoms with Gasteiger partial charge < -0.3 is 33.8 Å². The van der Waals surface area contributed by atoms with E-state index in [1.807, 2.05) is 0 Å². The fourth-order valence-electron chi connectivity index (χ4n) is 8.39. The number of aliphatic hydroxyl groups excluding tert-OH is 1. The SMILES string of the molecule is CCCCCCCC(=O)OC[C@H](COP(=O)(O)OC[C@H](O)COP(=O)(O)OC[C@@H](COC(=O)CCCCCCCCC(C)CC)OC(=O)CCCCCCCCCCCCC(C)C)OC(=O)CCCCCCCCC(C)C. The standard InChI is InChI=1S/C58H112O17P2/c1-8-10-11-22-32-39-55(60)68-45-53(75-58(63)42-35-28-20-18-24-30-37-50(5)6)47-72-76(64,65)70-43-52(59)44-71-77(66,67)73-48-54(46-69-56(61)40-33-26-21-19-25-31-38-51(7)9-2)74-57(62)41-34-27-17-15-13-12-14-16-23-29-36-49(3)4/h49-54,59H,8-48H2,1-7H3,(H,64,65)(H,66,67)/t51?,52-,53+,54+/m0/s1. The molecular formula is C58H112O17P2. The molecule has 6 atom stereocenters. The van der Waals surface area contributed by atoms with Crippen molar-refractivity contribution in [3.8, 4) is 0 Å². The van der Waals surface area contributed by atoms with Crippen molar-refractivity contribution < 1.29 is 80.2 Å². The normalized spacial score (nSPS) is 14.9. The maximum atomic E-state index is 12.9. The summed E-state index contributed by atoms with van der Waals surface area (Å²) >= 11 is 0. The number of carbonyl (C=O) groups excluding carboxylic acids is 4. The van der Waals surface area contributed by atoms with Crippen LogP contribution in [0.25, 0.3) is 0 Å². The molecule has 0 spiro atoms. The number of phosphoric acid groups is 2. The van der Waals surface area contributed by atoms with Gasteiger partial charge in [0.2, 0.25) is 0 Å². The minimum Gasteiger partial charge on any atom is -0.462 e. The topological polar surface area (TPSA) is 237 Å². The van der Waals surface area contributed by atoms with E-state index in [9.17, 15) is 43.2 Å². The number of aliphatic hydroxyl groups is 1. The van der Waals surface area contributed by atoms with Gasteiger partial charge in [-0.25, -0.2) is 9.13 Å². The number of hydrogen-bond acceptors (Lipinski definition) is 15. The van der Waals surface area contributed by atoms with Crippen molar-refractivity contribution >= 4 is 39.5 Å². The van der Waals surface area contributed by atoms with Crippen molar-refractivity contribution in [3.05, 3.63) is 0 Å². The summed E-state index contributed by atoms with van der Waals surface area (Å²) in [5.41, 5.74) is 0. The van der Waals surface area contributed by atoms with Gasteiger partial charge in [-0.3, -0.25) is 37.3 Å². The minimum atomic E-state index is -4.94. The molecule has 0 amide bonds. The molecule has 17 nitrogen and oxygen atoms in total. The summed E-state index contributed by atoms with van der Waals surface area (Å²) in [6.45, 7) is 11.5. The molecule has 0 aromatic carbocycles. The van der Waals surface area contributed by atoms with Crippen molar-refractivity contribution in [1.82, 2.24) is 0 Å². The van der Waals surface area contributed by atoms with E-state index in [0.29, 0.717) is 31.6 Å². The molecule has 19 heteroatoms. The number of carbonyl (C=O) groups is 4. The zero-order valence-corrected chi connectivity index (χ0v) is 51.2. The van der Waals surface area contributed by atoms with Crippen molar-refractivity contribution in [2.75, 3.05) is 39.6 Å². The number of phosphoric ester groups is 2. The summed E-state index contributed by atoms with van der Waals surface area (Å²) in [6, 6.07) is 0. The van der Waals surface area contributed by atoms with Crippen LogP contribution < -0.4 is 0 Å². The van der Waals surface area contributed by atoms with Crippen LogP contribution in [0.3, 0.4) is 0 Å². The van der Waals surface area contributed by atoms with Crippen molar-refractivity contribution in [2.45, 2.75) is 292 Å². The first-order valence-electron chi connectivity index (χ1n) is 30.4. The predicted octanol–water partition coefficient (Wildman–Crippen LogP) is 15.2. The Morgan fingerprint density at radius 2 is 0.662 bits per heavy atom. The second-order valence-corrected chi connectivity index (χ2v) is 25.1. The smallest absolute Gasteiger partial charge is 0.462 e. The highest BCUT2D eigenvalue weighted by atomic mass is 31.2. The zero-order valence-electron chi connectivity index (χ0n) is 49.4. The molecule has 0 aromatic rings. The Bertz CT molecular complexity index is 1550. The maximum Gasteiger partial charge on any atom is 0.472 e. The fourth-order valence-corrected chi connectivity index (χ4v) is 9.97. The Balaban J connectivity index is 5.20. The molecule has 0 fully saturated rings. The summed E-state index contributed by atoms with van der Waals surface area (Å²) in [5.74, 6) is -0.00720. The van der Waals surface area contributed by atoms with Crippen LogP contribution in [0.4, 0.5) is 0 Å². The molecule has 0 heterocycles. The Morgan fingerprint density at radius 1 is 0.377 bits per heavy atom. The van der Waals surface area contributed by atoms with Crippen molar-refractivity contribution in [1.29, 1.82) is 0 Å². The van der Waals surface area contributed by atoms with Gasteiger partial charge in [0, 0.05) is 25.7 Å². The largest absolute Gasteiger partial charge is 0.472 e. The van der Waals surface area contributed by atoms with E-state index in [0.717, 1.165) is 115 Å². The van der Waals surface area contributed by atoms with Crippen LogP contribution in [-0.2, 0) is 65.4 Å². The van der Waals surface area contributed by atoms with Gasteiger partial charge in [0.05, 0.1) is 26.4 Å². The molecule has 0 aliphatic rings. The quantitative estimate of drug-likeness (QED) is 0.0222. The number of ether oxygens (including phenoxy) is 4. The lowest BCUT2D eigenvalue weighted by Gasteiger charge is -2.21. The van der Waals surface area contributed by atoms with E-state index >= 15 is 0 Å². The fraction of sp³-hybridized carbons (Fsp3) is 0.931. The van der Waals surface area contributed by atoms with Crippen molar-refractivity contribution in [3.63, 3.8) is 0 Å². The minimum absolute atomic E-state index is 0.100. The number of hydrogen-bond donors (Lipinski definition) is 3. The molecule has 0 aliphatic heterocycles. The average Bonchev–Trinajstić information content (AvgIpc) is 3.38. The second-order valence-electron chi connectivity index (χ2n) is 22.2. The lowest BCUT2D eigenvalue weighted by Crippen LogP contribution is -2.30. The van der Waals surface area contributed by atoms with E-state index < -0.39 is 97.5 Å². The Hall–Kier alpha value is -1.94. The van der Waals surface area contributed by atoms with Gasteiger partial charge >= 0.3 is 39.5 Å². The monoisotopic (exact) mass is 1140 g/mol. The highest BCUT2D eigenvalue weighted by Gasteiger charge is 2.30. The van der Waals surface area contributed by atoms with Gasteiger partial charge in [0.15, 0.2) is 12.2 Å². The van der Waals surface area contributed by atoms with Crippen LogP contribution in [-0.4, -0.2) is 96.7 Å². The van der Waals surface area contributed by atoms with Gasteiger partial charge in [0.25, 0.3) is 0 Å². The molecule has 0 radical (unpaired) electrons. The summed E-state index contributed by atoms with van der Waals surface area (Å²) in [5, 5.41) is 10.5. The molecule has 77 heavy (non-hydrogen) atoms. The molecule has 456 valence electrons. The first-order valence-corrected chi connectivity index (χ1v) is 33.4. The summed E-state index contributed by atoms with van der Waals surface area (Å²) in [7, 11) is -9.87. The summed E-state index contributed by atoms with van der Waals surface area (Å²) in [6.07, 6.45) is 28.5. The van der Waals surface area contributed by atoms with Crippen LogP contribution in [0.5, 0.6) is 0 Å². The summed E-state index contributed by atoms with van der Waals surface area (Å²) < 4.78 is 67.5. The number of esters is 4.